The lowest BCUT2D eigenvalue weighted by atomic mass is 10.1. The number of nitrogens with one attached hydrogen (secondary N) is 1. The van der Waals surface area contributed by atoms with Gasteiger partial charge in [-0.15, -0.1) is 0 Å². The molecule has 0 saturated carbocycles. The third-order valence-corrected chi connectivity index (χ3v) is 4.33. The molecule has 3 rings (SSSR count). The van der Waals surface area contributed by atoms with E-state index in [1.54, 1.807) is 12.1 Å². The highest BCUT2D eigenvalue weighted by atomic mass is 79.9. The summed E-state index contributed by atoms with van der Waals surface area (Å²) in [7, 11) is 0. The van der Waals surface area contributed by atoms with Gasteiger partial charge in [-0.3, -0.25) is 4.79 Å². The number of benzene rings is 3. The molecule has 27 heavy (non-hydrogen) atoms. The SMILES string of the molecule is O=C(NCc1ccccc1)c1ccccc1OCCOc1cccc(Br)c1. The maximum atomic E-state index is 12.5. The van der Waals surface area contributed by atoms with E-state index < -0.39 is 0 Å². The van der Waals surface area contributed by atoms with E-state index in [0.717, 1.165) is 15.8 Å². The molecule has 138 valence electrons. The average molecular weight is 426 g/mol. The summed E-state index contributed by atoms with van der Waals surface area (Å²) in [5, 5.41) is 2.92. The molecule has 0 aliphatic carbocycles. The maximum Gasteiger partial charge on any atom is 0.255 e. The Morgan fingerprint density at radius 3 is 2.41 bits per heavy atom. The van der Waals surface area contributed by atoms with E-state index in [0.29, 0.717) is 31.1 Å². The van der Waals surface area contributed by atoms with Crippen LogP contribution < -0.4 is 14.8 Å². The normalized spacial score (nSPS) is 10.3. The Morgan fingerprint density at radius 2 is 1.59 bits per heavy atom. The van der Waals surface area contributed by atoms with Crippen LogP contribution in [0.3, 0.4) is 0 Å². The lowest BCUT2D eigenvalue weighted by Crippen LogP contribution is -2.23. The van der Waals surface area contributed by atoms with Crippen LogP contribution >= 0.6 is 15.9 Å². The fraction of sp³-hybridized carbons (Fsp3) is 0.136. The molecule has 1 amide bonds. The first-order valence-corrected chi connectivity index (χ1v) is 9.44. The van der Waals surface area contributed by atoms with Crippen molar-refractivity contribution in [3.8, 4) is 11.5 Å². The number of hydrogen-bond donors (Lipinski definition) is 1. The van der Waals surface area contributed by atoms with E-state index in [4.69, 9.17) is 9.47 Å². The highest BCUT2D eigenvalue weighted by Gasteiger charge is 2.11. The van der Waals surface area contributed by atoms with Crippen molar-refractivity contribution in [1.29, 1.82) is 0 Å². The molecule has 0 unspecified atom stereocenters. The van der Waals surface area contributed by atoms with E-state index in [2.05, 4.69) is 21.2 Å². The molecular formula is C22H20BrNO3. The van der Waals surface area contributed by atoms with Crippen molar-refractivity contribution in [2.75, 3.05) is 13.2 Å². The van der Waals surface area contributed by atoms with Gasteiger partial charge in [0.25, 0.3) is 5.91 Å². The van der Waals surface area contributed by atoms with Gasteiger partial charge in [0.05, 0.1) is 5.56 Å². The van der Waals surface area contributed by atoms with E-state index in [9.17, 15) is 4.79 Å². The van der Waals surface area contributed by atoms with Gasteiger partial charge >= 0.3 is 0 Å². The van der Waals surface area contributed by atoms with Crippen molar-refractivity contribution in [1.82, 2.24) is 5.32 Å². The van der Waals surface area contributed by atoms with E-state index in [1.807, 2.05) is 66.7 Å². The molecule has 0 radical (unpaired) electrons. The summed E-state index contributed by atoms with van der Waals surface area (Å²) < 4.78 is 12.4. The van der Waals surface area contributed by atoms with Gasteiger partial charge in [-0.1, -0.05) is 64.5 Å². The first-order valence-electron chi connectivity index (χ1n) is 8.65. The van der Waals surface area contributed by atoms with Crippen LogP contribution in [0, 0.1) is 0 Å². The zero-order valence-electron chi connectivity index (χ0n) is 14.7. The molecule has 0 aliphatic rings. The van der Waals surface area contributed by atoms with Crippen LogP contribution in [0.15, 0.2) is 83.3 Å². The summed E-state index contributed by atoms with van der Waals surface area (Å²) in [4.78, 5) is 12.5. The van der Waals surface area contributed by atoms with Crippen LogP contribution in [-0.2, 0) is 6.54 Å². The Kier molecular flexibility index (Phi) is 6.88. The summed E-state index contributed by atoms with van der Waals surface area (Å²) in [6, 6.07) is 24.6. The van der Waals surface area contributed by atoms with Crippen LogP contribution in [0.4, 0.5) is 0 Å². The zero-order valence-corrected chi connectivity index (χ0v) is 16.3. The fourth-order valence-electron chi connectivity index (χ4n) is 2.52. The molecule has 0 fully saturated rings. The summed E-state index contributed by atoms with van der Waals surface area (Å²) in [5.74, 6) is 1.14. The number of carbonyl (C=O) groups is 1. The quantitative estimate of drug-likeness (QED) is 0.525. The summed E-state index contributed by atoms with van der Waals surface area (Å²) in [6.45, 7) is 1.20. The number of halogens is 1. The lowest BCUT2D eigenvalue weighted by Gasteiger charge is -2.12. The molecule has 0 aromatic heterocycles. The Hall–Kier alpha value is -2.79. The summed E-state index contributed by atoms with van der Waals surface area (Å²) in [6.07, 6.45) is 0. The molecule has 0 atom stereocenters. The van der Waals surface area contributed by atoms with Crippen LogP contribution in [0.1, 0.15) is 15.9 Å². The maximum absolute atomic E-state index is 12.5. The van der Waals surface area contributed by atoms with Crippen LogP contribution in [-0.4, -0.2) is 19.1 Å². The predicted octanol–water partition coefficient (Wildman–Crippen LogP) is 4.84. The standard InChI is InChI=1S/C22H20BrNO3/c23-18-9-6-10-19(15-18)26-13-14-27-21-12-5-4-11-20(21)22(25)24-16-17-7-2-1-3-8-17/h1-12,15H,13-14,16H2,(H,24,25). The molecule has 5 heteroatoms. The van der Waals surface area contributed by atoms with Gasteiger partial charge in [-0.25, -0.2) is 0 Å². The Morgan fingerprint density at radius 1 is 0.852 bits per heavy atom. The van der Waals surface area contributed by atoms with Crippen molar-refractivity contribution >= 4 is 21.8 Å². The van der Waals surface area contributed by atoms with E-state index in [1.165, 1.54) is 0 Å². The predicted molar refractivity (Wildman–Crippen MR) is 109 cm³/mol. The second kappa shape index (κ2) is 9.78. The Labute approximate surface area is 167 Å². The van der Waals surface area contributed by atoms with Crippen LogP contribution in [0.2, 0.25) is 0 Å². The first kappa shape index (κ1) is 19.0. The molecule has 0 spiro atoms. The van der Waals surface area contributed by atoms with Gasteiger partial charge in [-0.05, 0) is 35.9 Å². The van der Waals surface area contributed by atoms with Gasteiger partial charge in [0.2, 0.25) is 0 Å². The number of amides is 1. The largest absolute Gasteiger partial charge is 0.490 e. The third kappa shape index (κ3) is 5.86. The van der Waals surface area contributed by atoms with Crippen LogP contribution in [0.25, 0.3) is 0 Å². The number of ether oxygens (including phenoxy) is 2. The molecule has 3 aromatic carbocycles. The van der Waals surface area contributed by atoms with Crippen molar-refractivity contribution in [3.63, 3.8) is 0 Å². The zero-order chi connectivity index (χ0) is 18.9. The van der Waals surface area contributed by atoms with Crippen molar-refractivity contribution in [2.24, 2.45) is 0 Å². The Balaban J connectivity index is 1.53. The highest BCUT2D eigenvalue weighted by Crippen LogP contribution is 2.19. The minimum absolute atomic E-state index is 0.164. The van der Waals surface area contributed by atoms with Crippen molar-refractivity contribution < 1.29 is 14.3 Å². The smallest absolute Gasteiger partial charge is 0.255 e. The van der Waals surface area contributed by atoms with Crippen molar-refractivity contribution in [3.05, 3.63) is 94.5 Å². The molecule has 0 bridgehead atoms. The Bertz CT molecular complexity index is 883. The number of para-hydroxylation sites is 1. The monoisotopic (exact) mass is 425 g/mol. The van der Waals surface area contributed by atoms with Gasteiger partial charge in [0, 0.05) is 11.0 Å². The number of rotatable bonds is 8. The second-order valence-corrected chi connectivity index (χ2v) is 6.73. The number of hydrogen-bond acceptors (Lipinski definition) is 3. The molecule has 4 nitrogen and oxygen atoms in total. The van der Waals surface area contributed by atoms with Gasteiger partial charge in [0.15, 0.2) is 0 Å². The third-order valence-electron chi connectivity index (χ3n) is 3.83. The van der Waals surface area contributed by atoms with Gasteiger partial charge < -0.3 is 14.8 Å². The lowest BCUT2D eigenvalue weighted by molar-refractivity contribution is 0.0945. The topological polar surface area (TPSA) is 47.6 Å². The van der Waals surface area contributed by atoms with Crippen LogP contribution in [0.5, 0.6) is 11.5 Å². The summed E-state index contributed by atoms with van der Waals surface area (Å²) in [5.41, 5.74) is 1.56. The second-order valence-electron chi connectivity index (χ2n) is 5.82. The minimum atomic E-state index is -0.164. The average Bonchev–Trinajstić information content (AvgIpc) is 2.70. The first-order chi connectivity index (χ1) is 13.2. The van der Waals surface area contributed by atoms with E-state index in [-0.39, 0.29) is 5.91 Å². The van der Waals surface area contributed by atoms with Crippen molar-refractivity contribution in [2.45, 2.75) is 6.54 Å². The molecule has 0 saturated heterocycles. The minimum Gasteiger partial charge on any atom is -0.490 e. The molecule has 0 heterocycles. The van der Waals surface area contributed by atoms with E-state index >= 15 is 0 Å². The fourth-order valence-corrected chi connectivity index (χ4v) is 2.90. The number of carbonyl (C=O) groups excluding carboxylic acids is 1. The molecule has 1 N–H and O–H groups in total. The molecule has 3 aromatic rings. The molecule has 0 aliphatic heterocycles. The van der Waals surface area contributed by atoms with Gasteiger partial charge in [-0.2, -0.15) is 0 Å². The summed E-state index contributed by atoms with van der Waals surface area (Å²) >= 11 is 3.41. The molecular weight excluding hydrogens is 406 g/mol. The van der Waals surface area contributed by atoms with Gasteiger partial charge in [0.1, 0.15) is 24.7 Å². The highest BCUT2D eigenvalue weighted by molar-refractivity contribution is 9.10.